The van der Waals surface area contributed by atoms with Gasteiger partial charge in [-0.25, -0.2) is 9.59 Å². The zero-order valence-corrected chi connectivity index (χ0v) is 35.7. The largest absolute Gasteiger partial charge is 0.462 e. The van der Waals surface area contributed by atoms with Gasteiger partial charge in [-0.05, 0) is 120 Å². The molecule has 12 nitrogen and oxygen atoms in total. The van der Waals surface area contributed by atoms with Crippen molar-refractivity contribution in [3.05, 3.63) is 59.7 Å². The summed E-state index contributed by atoms with van der Waals surface area (Å²) < 4.78 is 24.1. The van der Waals surface area contributed by atoms with E-state index in [2.05, 4.69) is 90.6 Å². The first kappa shape index (κ1) is 42.8. The molecule has 15 heteroatoms. The van der Waals surface area contributed by atoms with Crippen molar-refractivity contribution >= 4 is 66.4 Å². The van der Waals surface area contributed by atoms with Crippen LogP contribution in [0.2, 0.25) is 51.9 Å². The van der Waals surface area contributed by atoms with Crippen molar-refractivity contribution < 1.29 is 27.3 Å². The van der Waals surface area contributed by atoms with E-state index in [1.54, 1.807) is 48.5 Å². The summed E-state index contributed by atoms with van der Waals surface area (Å²) >= 11 is 0. The molecule has 2 aromatic carbocycles. The van der Waals surface area contributed by atoms with Crippen molar-refractivity contribution in [2.45, 2.75) is 111 Å². The highest BCUT2D eigenvalue weighted by atomic mass is 28.5. The van der Waals surface area contributed by atoms with E-state index in [1.807, 2.05) is 0 Å². The third kappa shape index (κ3) is 16.4. The van der Waals surface area contributed by atoms with Gasteiger partial charge in [-0.3, -0.25) is 0 Å². The monoisotopic (exact) mass is 768 g/mol. The Morgan fingerprint density at radius 1 is 0.577 bits per heavy atom. The quantitative estimate of drug-likeness (QED) is 0.0480. The Balaban J connectivity index is 1.76. The van der Waals surface area contributed by atoms with E-state index in [4.69, 9.17) is 17.7 Å². The third-order valence-corrected chi connectivity index (χ3v) is 17.1. The van der Waals surface area contributed by atoms with E-state index >= 15 is 0 Å². The van der Waals surface area contributed by atoms with Crippen LogP contribution in [0.5, 0.6) is 0 Å². The van der Waals surface area contributed by atoms with Crippen LogP contribution in [0.1, 0.15) is 79.5 Å². The summed E-state index contributed by atoms with van der Waals surface area (Å²) in [6, 6.07) is 14.8. The molecular weight excluding hydrogens is 709 g/mol. The number of carbonyl (C=O) groups is 2. The molecule has 0 bridgehead atoms. The number of nitrogens with zero attached hydrogens (tertiary/aromatic N) is 3. The Kier molecular flexibility index (Phi) is 16.9. The number of hydrogen-bond donors (Lipinski definition) is 3. The Hall–Kier alpha value is -3.64. The van der Waals surface area contributed by atoms with Gasteiger partial charge in [0.05, 0.1) is 24.3 Å². The van der Waals surface area contributed by atoms with Gasteiger partial charge in [-0.1, -0.05) is 39.5 Å². The third-order valence-electron chi connectivity index (χ3n) is 7.49. The minimum absolute atomic E-state index is 0.311. The first-order valence-corrected chi connectivity index (χ1v) is 27.9. The second-order valence-electron chi connectivity index (χ2n) is 15.0. The van der Waals surface area contributed by atoms with Crippen LogP contribution in [-0.4, -0.2) is 71.8 Å². The lowest BCUT2D eigenvalue weighted by Crippen LogP contribution is -2.52. The molecule has 0 amide bonds. The lowest BCUT2D eigenvalue weighted by molar-refractivity contribution is 0.0489. The van der Waals surface area contributed by atoms with Gasteiger partial charge in [0, 0.05) is 17.9 Å². The smallest absolute Gasteiger partial charge is 0.338 e. The van der Waals surface area contributed by atoms with Gasteiger partial charge in [-0.2, -0.15) is 15.0 Å². The SMILES string of the molecule is CCCCCOC(=O)c1ccc(Nc2nc(NCCC[Si](C)(O[Si](C)(C)C)O[Si](C)(C)C)nc(Nc3ccc(C(=O)OCCCCC)cc3)n2)cc1. The number of hydrogen-bond acceptors (Lipinski definition) is 12. The maximum absolute atomic E-state index is 12.5. The zero-order chi connectivity index (χ0) is 38.2. The van der Waals surface area contributed by atoms with E-state index in [1.165, 1.54) is 0 Å². The number of anilines is 5. The number of benzene rings is 2. The van der Waals surface area contributed by atoms with Gasteiger partial charge >= 0.3 is 20.5 Å². The minimum Gasteiger partial charge on any atom is -0.462 e. The summed E-state index contributed by atoms with van der Waals surface area (Å²) in [5, 5.41) is 9.84. The van der Waals surface area contributed by atoms with Crippen LogP contribution in [0.4, 0.5) is 29.2 Å². The first-order valence-electron chi connectivity index (χ1n) is 18.6. The lowest BCUT2D eigenvalue weighted by Gasteiger charge is -2.38. The molecule has 52 heavy (non-hydrogen) atoms. The van der Waals surface area contributed by atoms with Crippen molar-refractivity contribution in [1.82, 2.24) is 15.0 Å². The second kappa shape index (κ2) is 20.6. The van der Waals surface area contributed by atoms with Gasteiger partial charge in [0.1, 0.15) is 0 Å². The van der Waals surface area contributed by atoms with Gasteiger partial charge in [0.25, 0.3) is 0 Å². The molecule has 0 saturated heterocycles. The molecule has 0 radical (unpaired) electrons. The summed E-state index contributed by atoms with van der Waals surface area (Å²) in [6.45, 7) is 21.1. The first-order chi connectivity index (χ1) is 24.6. The average molecular weight is 769 g/mol. The lowest BCUT2D eigenvalue weighted by atomic mass is 10.2. The number of esters is 2. The van der Waals surface area contributed by atoms with Crippen LogP contribution < -0.4 is 16.0 Å². The fourth-order valence-corrected chi connectivity index (χ4v) is 18.0. The van der Waals surface area contributed by atoms with Crippen LogP contribution in [0.15, 0.2) is 48.5 Å². The fourth-order valence-electron chi connectivity index (χ4n) is 5.43. The minimum atomic E-state index is -2.39. The van der Waals surface area contributed by atoms with E-state index < -0.39 is 25.2 Å². The molecule has 3 rings (SSSR count). The summed E-state index contributed by atoms with van der Waals surface area (Å²) in [4.78, 5) is 38.8. The van der Waals surface area contributed by atoms with Crippen LogP contribution in [0, 0.1) is 0 Å². The molecule has 1 heterocycles. The summed E-state index contributed by atoms with van der Waals surface area (Å²) in [5.41, 5.74) is 2.34. The molecule has 0 aliphatic heterocycles. The van der Waals surface area contributed by atoms with Crippen LogP contribution in [0.3, 0.4) is 0 Å². The van der Waals surface area contributed by atoms with Crippen molar-refractivity contribution in [3.63, 3.8) is 0 Å². The molecule has 1 aromatic heterocycles. The van der Waals surface area contributed by atoms with Crippen molar-refractivity contribution in [2.24, 2.45) is 0 Å². The number of unbranched alkanes of at least 4 members (excludes halogenated alkanes) is 4. The summed E-state index contributed by atoms with van der Waals surface area (Å²) in [7, 11) is -6.01. The summed E-state index contributed by atoms with van der Waals surface area (Å²) in [5.74, 6) is 0.318. The topological polar surface area (TPSA) is 146 Å². The van der Waals surface area contributed by atoms with E-state index in [9.17, 15) is 9.59 Å². The standard InChI is InChI=1S/C37H60N6O6Si3/c1-10-12-14-26-46-33(44)29-17-21-31(22-18-29)39-36-41-35(38-25-16-28-52(9,48-50(3,4)5)49-51(6,7)8)42-37(43-36)40-32-23-19-30(20-24-32)34(45)47-27-15-13-11-2/h17-24H,10-16,25-28H2,1-9H3,(H3,38,39,40,41,42,43). The number of aromatic nitrogens is 3. The van der Waals surface area contributed by atoms with Crippen LogP contribution in [0.25, 0.3) is 0 Å². The Bertz CT molecular complexity index is 1450. The number of ether oxygens (including phenoxy) is 2. The predicted molar refractivity (Wildman–Crippen MR) is 217 cm³/mol. The number of nitrogens with one attached hydrogen (secondary N) is 3. The van der Waals surface area contributed by atoms with Gasteiger partial charge in [0.2, 0.25) is 17.8 Å². The summed E-state index contributed by atoms with van der Waals surface area (Å²) in [6.07, 6.45) is 6.70. The van der Waals surface area contributed by atoms with Crippen LogP contribution in [-0.2, 0) is 17.7 Å². The maximum Gasteiger partial charge on any atom is 0.338 e. The number of rotatable bonds is 23. The molecule has 3 aromatic rings. The molecule has 0 saturated carbocycles. The molecule has 286 valence electrons. The highest BCUT2D eigenvalue weighted by molar-refractivity contribution is 6.87. The molecule has 0 aliphatic rings. The van der Waals surface area contributed by atoms with Gasteiger partial charge in [0.15, 0.2) is 16.6 Å². The van der Waals surface area contributed by atoms with Crippen LogP contribution >= 0.6 is 0 Å². The molecule has 0 fully saturated rings. The Labute approximate surface area is 313 Å². The molecule has 0 unspecified atom stereocenters. The van der Waals surface area contributed by atoms with Crippen molar-refractivity contribution in [1.29, 1.82) is 0 Å². The molecule has 0 spiro atoms. The normalized spacial score (nSPS) is 11.9. The highest BCUT2D eigenvalue weighted by Crippen LogP contribution is 2.26. The molecule has 3 N–H and O–H groups in total. The predicted octanol–water partition coefficient (Wildman–Crippen LogP) is 9.63. The van der Waals surface area contributed by atoms with E-state index in [-0.39, 0.29) is 11.9 Å². The fraction of sp³-hybridized carbons (Fsp3) is 0.541. The molecule has 0 atom stereocenters. The van der Waals surface area contributed by atoms with Gasteiger partial charge in [-0.15, -0.1) is 0 Å². The molecule has 0 aliphatic carbocycles. The van der Waals surface area contributed by atoms with Crippen molar-refractivity contribution in [2.75, 3.05) is 35.7 Å². The maximum atomic E-state index is 12.5. The molecular formula is C37H60N6O6Si3. The average Bonchev–Trinajstić information content (AvgIpc) is 3.06. The Morgan fingerprint density at radius 2 is 0.981 bits per heavy atom. The van der Waals surface area contributed by atoms with E-state index in [0.717, 1.165) is 51.0 Å². The van der Waals surface area contributed by atoms with E-state index in [0.29, 0.717) is 60.1 Å². The number of carbonyl (C=O) groups excluding carboxylic acids is 2. The zero-order valence-electron chi connectivity index (χ0n) is 32.7. The highest BCUT2D eigenvalue weighted by Gasteiger charge is 2.39. The van der Waals surface area contributed by atoms with Gasteiger partial charge < -0.3 is 33.7 Å². The second-order valence-corrected chi connectivity index (χ2v) is 27.8. The Morgan fingerprint density at radius 3 is 1.37 bits per heavy atom. The van der Waals surface area contributed by atoms with Crippen molar-refractivity contribution in [3.8, 4) is 0 Å².